The molecule has 0 radical (unpaired) electrons. The zero-order valence-electron chi connectivity index (χ0n) is 16.6. The molecule has 3 rings (SSSR count). The van der Waals surface area contributed by atoms with Crippen molar-refractivity contribution in [3.63, 3.8) is 0 Å². The van der Waals surface area contributed by atoms with E-state index in [1.165, 1.54) is 0 Å². The van der Waals surface area contributed by atoms with Crippen molar-refractivity contribution < 1.29 is 9.53 Å². The third kappa shape index (κ3) is 4.26. The number of hydrogen-bond donors (Lipinski definition) is 1. The summed E-state index contributed by atoms with van der Waals surface area (Å²) in [5, 5.41) is 3.21. The molecule has 0 atom stereocenters. The molecule has 1 amide bonds. The van der Waals surface area contributed by atoms with E-state index in [2.05, 4.69) is 44.1 Å². The van der Waals surface area contributed by atoms with Crippen molar-refractivity contribution in [3.8, 4) is 0 Å². The summed E-state index contributed by atoms with van der Waals surface area (Å²) in [5.41, 5.74) is 3.43. The fraction of sp³-hybridized carbons (Fsp3) is 0.619. The van der Waals surface area contributed by atoms with Crippen LogP contribution in [0, 0.1) is 6.92 Å². The number of rotatable bonds is 4. The molecule has 142 valence electrons. The lowest BCUT2D eigenvalue weighted by Crippen LogP contribution is -2.40. The Hall–Kier alpha value is -1.88. The average molecular weight is 357 g/mol. The molecule has 5 heteroatoms. The number of carbonyl (C=O) groups excluding carboxylic acids is 1. The van der Waals surface area contributed by atoms with Gasteiger partial charge in [0.2, 0.25) is 0 Å². The van der Waals surface area contributed by atoms with Crippen LogP contribution in [0.5, 0.6) is 0 Å². The summed E-state index contributed by atoms with van der Waals surface area (Å²) < 4.78 is 8.06. The molecule has 1 N–H and O–H groups in total. The standard InChI is InChI=1S/C21H31N3O2/c1-6-15-13-14(2)24-12-11-18(19(24)22-15)20(25)23-16-7-9-17(10-8-16)26-21(3,4)5/h11-13,16-17H,6-10H2,1-5H3,(H,23,25)/t16-,17-. The molecule has 1 aliphatic carbocycles. The average Bonchev–Trinajstić information content (AvgIpc) is 2.99. The first-order chi connectivity index (χ1) is 12.3. The summed E-state index contributed by atoms with van der Waals surface area (Å²) >= 11 is 0. The topological polar surface area (TPSA) is 55.6 Å². The Morgan fingerprint density at radius 3 is 2.62 bits per heavy atom. The van der Waals surface area contributed by atoms with E-state index < -0.39 is 0 Å². The van der Waals surface area contributed by atoms with Gasteiger partial charge in [-0.1, -0.05) is 6.92 Å². The van der Waals surface area contributed by atoms with Crippen LogP contribution >= 0.6 is 0 Å². The van der Waals surface area contributed by atoms with E-state index >= 15 is 0 Å². The number of fused-ring (bicyclic) bond motifs is 1. The Labute approximate surface area is 156 Å². The summed E-state index contributed by atoms with van der Waals surface area (Å²) in [6.07, 6.45) is 7.01. The molecule has 0 aliphatic heterocycles. The van der Waals surface area contributed by atoms with Crippen LogP contribution in [0.1, 0.15) is 75.1 Å². The zero-order valence-corrected chi connectivity index (χ0v) is 16.6. The van der Waals surface area contributed by atoms with Crippen LogP contribution in [-0.4, -0.2) is 33.0 Å². The van der Waals surface area contributed by atoms with Crippen molar-refractivity contribution in [2.45, 2.75) is 84.5 Å². The number of aryl methyl sites for hydroxylation is 2. The molecule has 0 spiro atoms. The highest BCUT2D eigenvalue weighted by molar-refractivity contribution is 6.00. The third-order valence-corrected chi connectivity index (χ3v) is 5.00. The molecule has 26 heavy (non-hydrogen) atoms. The summed E-state index contributed by atoms with van der Waals surface area (Å²) in [5.74, 6) is -0.0205. The lowest BCUT2D eigenvalue weighted by molar-refractivity contribution is -0.0757. The van der Waals surface area contributed by atoms with Crippen molar-refractivity contribution >= 4 is 11.6 Å². The van der Waals surface area contributed by atoms with Crippen LogP contribution in [0.25, 0.3) is 5.65 Å². The molecule has 0 saturated heterocycles. The normalized spacial score (nSPS) is 21.1. The largest absolute Gasteiger partial charge is 0.373 e. The summed E-state index contributed by atoms with van der Waals surface area (Å²) in [6.45, 7) is 10.4. The predicted octanol–water partition coefficient (Wildman–Crippen LogP) is 4.06. The zero-order chi connectivity index (χ0) is 18.9. The smallest absolute Gasteiger partial charge is 0.255 e. The van der Waals surface area contributed by atoms with Gasteiger partial charge in [0.05, 0.1) is 17.3 Å². The number of hydrogen-bond acceptors (Lipinski definition) is 3. The molecule has 5 nitrogen and oxygen atoms in total. The van der Waals surface area contributed by atoms with E-state index in [9.17, 15) is 4.79 Å². The van der Waals surface area contributed by atoms with Gasteiger partial charge < -0.3 is 14.5 Å². The lowest BCUT2D eigenvalue weighted by Gasteiger charge is -2.33. The minimum Gasteiger partial charge on any atom is -0.373 e. The van der Waals surface area contributed by atoms with Gasteiger partial charge in [-0.25, -0.2) is 4.98 Å². The first kappa shape index (κ1) is 18.9. The molecule has 1 aliphatic rings. The quantitative estimate of drug-likeness (QED) is 0.898. The van der Waals surface area contributed by atoms with Crippen LogP contribution < -0.4 is 5.32 Å². The highest BCUT2D eigenvalue weighted by atomic mass is 16.5. The van der Waals surface area contributed by atoms with E-state index in [1.54, 1.807) is 0 Å². The highest BCUT2D eigenvalue weighted by Crippen LogP contribution is 2.25. The number of nitrogens with one attached hydrogen (secondary N) is 1. The maximum absolute atomic E-state index is 12.8. The second-order valence-electron chi connectivity index (χ2n) is 8.34. The fourth-order valence-corrected chi connectivity index (χ4v) is 3.75. The van der Waals surface area contributed by atoms with E-state index in [1.807, 2.05) is 23.6 Å². The lowest BCUT2D eigenvalue weighted by atomic mass is 9.92. The molecule has 0 unspecified atom stereocenters. The number of carbonyl (C=O) groups is 1. The van der Waals surface area contributed by atoms with Gasteiger partial charge in [-0.2, -0.15) is 0 Å². The number of amides is 1. The number of aromatic nitrogens is 2. The van der Waals surface area contributed by atoms with Gasteiger partial charge >= 0.3 is 0 Å². The highest BCUT2D eigenvalue weighted by Gasteiger charge is 2.27. The number of ether oxygens (including phenoxy) is 1. The molecule has 0 bridgehead atoms. The van der Waals surface area contributed by atoms with Gasteiger partial charge in [-0.15, -0.1) is 0 Å². The number of nitrogens with zero attached hydrogens (tertiary/aromatic N) is 2. The Morgan fingerprint density at radius 2 is 2.00 bits per heavy atom. The Morgan fingerprint density at radius 1 is 1.31 bits per heavy atom. The van der Waals surface area contributed by atoms with Crippen LogP contribution in [0.3, 0.4) is 0 Å². The van der Waals surface area contributed by atoms with Crippen LogP contribution in [0.15, 0.2) is 18.3 Å². The van der Waals surface area contributed by atoms with Gasteiger partial charge in [0.25, 0.3) is 5.91 Å². The monoisotopic (exact) mass is 357 g/mol. The minimum absolute atomic E-state index is 0.0205. The van der Waals surface area contributed by atoms with Crippen molar-refractivity contribution in [2.24, 2.45) is 0 Å². The maximum Gasteiger partial charge on any atom is 0.255 e. The first-order valence-corrected chi connectivity index (χ1v) is 9.73. The molecule has 2 aromatic rings. The summed E-state index contributed by atoms with van der Waals surface area (Å²) in [4.78, 5) is 17.5. The Kier molecular flexibility index (Phi) is 5.37. The van der Waals surface area contributed by atoms with E-state index in [-0.39, 0.29) is 17.6 Å². The summed E-state index contributed by atoms with van der Waals surface area (Å²) in [7, 11) is 0. The van der Waals surface area contributed by atoms with Crippen LogP contribution in [0.2, 0.25) is 0 Å². The van der Waals surface area contributed by atoms with Gasteiger partial charge in [-0.05, 0) is 71.9 Å². The molecule has 2 aromatic heterocycles. The SMILES string of the molecule is CCc1cc(C)n2ccc(C(=O)N[C@H]3CC[C@H](OC(C)(C)C)CC3)c2n1. The predicted molar refractivity (Wildman–Crippen MR) is 104 cm³/mol. The van der Waals surface area contributed by atoms with E-state index in [0.717, 1.165) is 49.1 Å². The third-order valence-electron chi connectivity index (χ3n) is 5.00. The molecular weight excluding hydrogens is 326 g/mol. The van der Waals surface area contributed by atoms with Crippen molar-refractivity contribution in [1.82, 2.24) is 14.7 Å². The van der Waals surface area contributed by atoms with Gasteiger partial charge in [-0.3, -0.25) is 4.79 Å². The van der Waals surface area contributed by atoms with E-state index in [4.69, 9.17) is 4.74 Å². The van der Waals surface area contributed by atoms with E-state index in [0.29, 0.717) is 11.7 Å². The van der Waals surface area contributed by atoms with Crippen molar-refractivity contribution in [2.75, 3.05) is 0 Å². The van der Waals surface area contributed by atoms with Crippen LogP contribution in [-0.2, 0) is 11.2 Å². The van der Waals surface area contributed by atoms with Crippen molar-refractivity contribution in [3.05, 3.63) is 35.3 Å². The molecule has 1 saturated carbocycles. The Bertz CT molecular complexity index is 780. The molecular formula is C21H31N3O2. The molecule has 0 aromatic carbocycles. The summed E-state index contributed by atoms with van der Waals surface area (Å²) in [6, 6.07) is 4.16. The molecule has 2 heterocycles. The van der Waals surface area contributed by atoms with Gasteiger partial charge in [0.15, 0.2) is 0 Å². The molecule has 1 fully saturated rings. The Balaban J connectivity index is 1.66. The van der Waals surface area contributed by atoms with Crippen molar-refractivity contribution in [1.29, 1.82) is 0 Å². The second-order valence-corrected chi connectivity index (χ2v) is 8.34. The van der Waals surface area contributed by atoms with Gasteiger partial charge in [0, 0.05) is 23.6 Å². The first-order valence-electron chi connectivity index (χ1n) is 9.73. The fourth-order valence-electron chi connectivity index (χ4n) is 3.75. The van der Waals surface area contributed by atoms with Gasteiger partial charge in [0.1, 0.15) is 5.65 Å². The maximum atomic E-state index is 12.8. The second kappa shape index (κ2) is 7.39. The minimum atomic E-state index is -0.104. The van der Waals surface area contributed by atoms with Crippen LogP contribution in [0.4, 0.5) is 0 Å².